The number of piperidine rings is 1. The van der Waals surface area contributed by atoms with Gasteiger partial charge in [0.2, 0.25) is 0 Å². The van der Waals surface area contributed by atoms with Gasteiger partial charge in [-0.05, 0) is 31.8 Å². The number of nitrogens with zero attached hydrogens (tertiary/aromatic N) is 1. The van der Waals surface area contributed by atoms with Crippen LogP contribution in [0.15, 0.2) is 0 Å². The van der Waals surface area contributed by atoms with E-state index >= 15 is 0 Å². The number of nitrogens with one attached hydrogen (secondary N) is 1. The van der Waals surface area contributed by atoms with Crippen LogP contribution < -0.4 is 5.32 Å². The summed E-state index contributed by atoms with van der Waals surface area (Å²) in [6, 6.07) is 0. The van der Waals surface area contributed by atoms with Crippen LogP contribution in [-0.2, 0) is 0 Å². The lowest BCUT2D eigenvalue weighted by molar-refractivity contribution is 0.0813. The van der Waals surface area contributed by atoms with Crippen molar-refractivity contribution in [3.8, 4) is 0 Å². The van der Waals surface area contributed by atoms with Crippen molar-refractivity contribution in [2.45, 2.75) is 33.1 Å². The van der Waals surface area contributed by atoms with Crippen molar-refractivity contribution in [1.82, 2.24) is 10.2 Å². The summed E-state index contributed by atoms with van der Waals surface area (Å²) in [5.74, 6) is 1.01. The van der Waals surface area contributed by atoms with E-state index in [1.165, 1.54) is 52.0 Å². The molecule has 2 heteroatoms. The third-order valence-corrected chi connectivity index (χ3v) is 3.99. The highest BCUT2D eigenvalue weighted by Gasteiger charge is 2.34. The first kappa shape index (κ1) is 10.4. The Labute approximate surface area is 88.1 Å². The van der Waals surface area contributed by atoms with Gasteiger partial charge in [0, 0.05) is 25.0 Å². The van der Waals surface area contributed by atoms with Crippen molar-refractivity contribution >= 4 is 0 Å². The van der Waals surface area contributed by atoms with Gasteiger partial charge in [0.05, 0.1) is 0 Å². The average Bonchev–Trinajstić information content (AvgIpc) is 2.17. The molecular weight excluding hydrogens is 172 g/mol. The molecule has 0 atom stereocenters. The molecule has 0 unspecified atom stereocenters. The molecule has 2 saturated heterocycles. The van der Waals surface area contributed by atoms with E-state index in [0.29, 0.717) is 5.41 Å². The summed E-state index contributed by atoms with van der Waals surface area (Å²) in [4.78, 5) is 2.67. The van der Waals surface area contributed by atoms with Crippen molar-refractivity contribution in [2.75, 3.05) is 32.7 Å². The summed E-state index contributed by atoms with van der Waals surface area (Å²) in [6.45, 7) is 11.2. The van der Waals surface area contributed by atoms with Crippen molar-refractivity contribution < 1.29 is 0 Å². The Morgan fingerprint density at radius 2 is 1.93 bits per heavy atom. The van der Waals surface area contributed by atoms with Crippen LogP contribution in [0.25, 0.3) is 0 Å². The van der Waals surface area contributed by atoms with Crippen LogP contribution in [0.3, 0.4) is 0 Å². The number of hydrogen-bond acceptors (Lipinski definition) is 2. The predicted molar refractivity (Wildman–Crippen MR) is 60.4 cm³/mol. The maximum absolute atomic E-state index is 3.38. The molecule has 1 N–H and O–H groups in total. The zero-order valence-corrected chi connectivity index (χ0v) is 9.68. The van der Waals surface area contributed by atoms with Gasteiger partial charge >= 0.3 is 0 Å². The summed E-state index contributed by atoms with van der Waals surface area (Å²) in [6.07, 6.45) is 4.24. The van der Waals surface area contributed by atoms with E-state index in [2.05, 4.69) is 24.1 Å². The normalized spacial score (nSPS) is 28.7. The molecule has 2 fully saturated rings. The lowest BCUT2D eigenvalue weighted by Gasteiger charge is -2.44. The van der Waals surface area contributed by atoms with E-state index in [1.54, 1.807) is 0 Å². The Balaban J connectivity index is 1.73. The first-order valence-electron chi connectivity index (χ1n) is 6.15. The summed E-state index contributed by atoms with van der Waals surface area (Å²) < 4.78 is 0. The zero-order chi connectivity index (χ0) is 10.0. The fourth-order valence-corrected chi connectivity index (χ4v) is 2.76. The Morgan fingerprint density at radius 1 is 1.29 bits per heavy atom. The lowest BCUT2D eigenvalue weighted by Crippen LogP contribution is -2.57. The van der Waals surface area contributed by atoms with Crippen molar-refractivity contribution in [3.63, 3.8) is 0 Å². The van der Waals surface area contributed by atoms with Gasteiger partial charge in [-0.3, -0.25) is 0 Å². The SMILES string of the molecule is CCC1CCN(CC2(C)CNC2)CC1. The summed E-state index contributed by atoms with van der Waals surface area (Å²) >= 11 is 0. The molecule has 2 aliphatic heterocycles. The van der Waals surface area contributed by atoms with E-state index in [-0.39, 0.29) is 0 Å². The molecule has 2 rings (SSSR count). The largest absolute Gasteiger partial charge is 0.315 e. The standard InChI is InChI=1S/C12H24N2/c1-3-11-4-6-14(7-5-11)10-12(2)8-13-9-12/h11,13H,3-10H2,1-2H3. The second kappa shape index (κ2) is 4.19. The van der Waals surface area contributed by atoms with Gasteiger partial charge in [-0.25, -0.2) is 0 Å². The van der Waals surface area contributed by atoms with Crippen LogP contribution in [-0.4, -0.2) is 37.6 Å². The van der Waals surface area contributed by atoms with Crippen LogP contribution in [0.2, 0.25) is 0 Å². The number of rotatable bonds is 3. The summed E-state index contributed by atoms with van der Waals surface area (Å²) in [5, 5.41) is 3.38. The minimum Gasteiger partial charge on any atom is -0.315 e. The van der Waals surface area contributed by atoms with E-state index in [4.69, 9.17) is 0 Å². The number of hydrogen-bond donors (Lipinski definition) is 1. The van der Waals surface area contributed by atoms with E-state index in [9.17, 15) is 0 Å². The Morgan fingerprint density at radius 3 is 2.36 bits per heavy atom. The van der Waals surface area contributed by atoms with Crippen LogP contribution in [0.5, 0.6) is 0 Å². The molecule has 2 nitrogen and oxygen atoms in total. The molecule has 0 bridgehead atoms. The fourth-order valence-electron chi connectivity index (χ4n) is 2.76. The molecular formula is C12H24N2. The van der Waals surface area contributed by atoms with Gasteiger partial charge in [0.15, 0.2) is 0 Å². The molecule has 0 aromatic carbocycles. The smallest absolute Gasteiger partial charge is 0.00597 e. The molecule has 14 heavy (non-hydrogen) atoms. The zero-order valence-electron chi connectivity index (χ0n) is 9.68. The molecule has 0 amide bonds. The van der Waals surface area contributed by atoms with Gasteiger partial charge in [-0.2, -0.15) is 0 Å². The van der Waals surface area contributed by atoms with Crippen LogP contribution in [0.4, 0.5) is 0 Å². The van der Waals surface area contributed by atoms with Crippen LogP contribution >= 0.6 is 0 Å². The van der Waals surface area contributed by atoms with E-state index < -0.39 is 0 Å². The van der Waals surface area contributed by atoms with Gasteiger partial charge in [0.25, 0.3) is 0 Å². The Kier molecular flexibility index (Phi) is 3.13. The van der Waals surface area contributed by atoms with Crippen molar-refractivity contribution in [3.05, 3.63) is 0 Å². The summed E-state index contributed by atoms with van der Waals surface area (Å²) in [7, 11) is 0. The highest BCUT2D eigenvalue weighted by Crippen LogP contribution is 2.26. The van der Waals surface area contributed by atoms with Gasteiger partial charge in [-0.1, -0.05) is 20.3 Å². The maximum atomic E-state index is 3.38. The van der Waals surface area contributed by atoms with Crippen molar-refractivity contribution in [1.29, 1.82) is 0 Å². The second-order valence-electron chi connectivity index (χ2n) is 5.54. The minimum atomic E-state index is 0.582. The minimum absolute atomic E-state index is 0.582. The third kappa shape index (κ3) is 2.29. The van der Waals surface area contributed by atoms with Crippen LogP contribution in [0, 0.1) is 11.3 Å². The molecule has 0 aliphatic carbocycles. The molecule has 82 valence electrons. The third-order valence-electron chi connectivity index (χ3n) is 3.99. The Bertz CT molecular complexity index is 179. The topological polar surface area (TPSA) is 15.3 Å². The van der Waals surface area contributed by atoms with E-state index in [1.807, 2.05) is 0 Å². The monoisotopic (exact) mass is 196 g/mol. The van der Waals surface area contributed by atoms with E-state index in [0.717, 1.165) is 5.92 Å². The average molecular weight is 196 g/mol. The predicted octanol–water partition coefficient (Wildman–Crippen LogP) is 1.72. The Hall–Kier alpha value is -0.0800. The molecule has 2 aliphatic rings. The van der Waals surface area contributed by atoms with Gasteiger partial charge in [-0.15, -0.1) is 0 Å². The molecule has 2 heterocycles. The molecule has 0 spiro atoms. The van der Waals surface area contributed by atoms with Crippen LogP contribution in [0.1, 0.15) is 33.1 Å². The van der Waals surface area contributed by atoms with Gasteiger partial charge < -0.3 is 10.2 Å². The van der Waals surface area contributed by atoms with Crippen molar-refractivity contribution in [2.24, 2.45) is 11.3 Å². The van der Waals surface area contributed by atoms with Gasteiger partial charge in [0.1, 0.15) is 0 Å². The summed E-state index contributed by atoms with van der Waals surface area (Å²) in [5.41, 5.74) is 0.582. The highest BCUT2D eigenvalue weighted by molar-refractivity contribution is 4.91. The molecule has 0 saturated carbocycles. The lowest BCUT2D eigenvalue weighted by atomic mass is 9.82. The fraction of sp³-hybridized carbons (Fsp3) is 1.00. The first-order chi connectivity index (χ1) is 6.72. The number of likely N-dealkylation sites (tertiary alicyclic amines) is 1. The highest BCUT2D eigenvalue weighted by atomic mass is 15.2. The first-order valence-corrected chi connectivity index (χ1v) is 6.15. The quantitative estimate of drug-likeness (QED) is 0.739. The molecule has 0 aromatic rings. The maximum Gasteiger partial charge on any atom is 0.00597 e. The second-order valence-corrected chi connectivity index (χ2v) is 5.54. The molecule has 0 radical (unpaired) electrons. The molecule has 0 aromatic heterocycles.